The fraction of sp³-hybridized carbons (Fsp3) is 0.190. The Morgan fingerprint density at radius 3 is 2.25 bits per heavy atom. The molecule has 0 radical (unpaired) electrons. The van der Waals surface area contributed by atoms with E-state index in [-0.39, 0.29) is 16.8 Å². The molecule has 0 aliphatic rings. The van der Waals surface area contributed by atoms with E-state index >= 15 is 0 Å². The van der Waals surface area contributed by atoms with Crippen molar-refractivity contribution in [2.75, 3.05) is 5.32 Å². The zero-order valence-corrected chi connectivity index (χ0v) is 16.8. The van der Waals surface area contributed by atoms with Crippen LogP contribution in [0.4, 0.5) is 5.69 Å². The highest BCUT2D eigenvalue weighted by atomic mass is 32.2. The maximum absolute atomic E-state index is 12.6. The lowest BCUT2D eigenvalue weighted by molar-refractivity contribution is 0.102. The number of carbonyl (C=O) groups excluding carboxylic acids is 1. The van der Waals surface area contributed by atoms with Gasteiger partial charge < -0.3 is 9.88 Å². The number of amides is 1. The molecule has 6 nitrogen and oxygen atoms in total. The fourth-order valence-corrected chi connectivity index (χ4v) is 4.07. The highest BCUT2D eigenvalue weighted by Gasteiger charge is 2.15. The van der Waals surface area contributed by atoms with Crippen molar-refractivity contribution in [1.29, 1.82) is 0 Å². The average molecular weight is 398 g/mol. The van der Waals surface area contributed by atoms with E-state index in [1.807, 2.05) is 48.1 Å². The van der Waals surface area contributed by atoms with Gasteiger partial charge in [0.2, 0.25) is 10.0 Å². The second-order valence-corrected chi connectivity index (χ2v) is 8.56. The molecule has 2 N–H and O–H groups in total. The van der Waals surface area contributed by atoms with Gasteiger partial charge >= 0.3 is 0 Å². The minimum atomic E-state index is -3.56. The molecule has 0 unspecified atom stereocenters. The molecule has 0 atom stereocenters. The molecule has 146 valence electrons. The van der Waals surface area contributed by atoms with Gasteiger partial charge in [-0.05, 0) is 74.9 Å². The topological polar surface area (TPSA) is 80.2 Å². The smallest absolute Gasteiger partial charge is 0.255 e. The number of aryl methyl sites for hydroxylation is 1. The third-order valence-electron chi connectivity index (χ3n) is 4.17. The summed E-state index contributed by atoms with van der Waals surface area (Å²) in [7, 11) is -3.56. The van der Waals surface area contributed by atoms with Gasteiger partial charge in [0.1, 0.15) is 0 Å². The van der Waals surface area contributed by atoms with Crippen LogP contribution in [-0.2, 0) is 10.0 Å². The molecule has 0 fully saturated rings. The van der Waals surface area contributed by atoms with Gasteiger partial charge in [-0.3, -0.25) is 4.79 Å². The van der Waals surface area contributed by atoms with E-state index in [9.17, 15) is 13.2 Å². The largest absolute Gasteiger partial charge is 0.324 e. The molecule has 0 bridgehead atoms. The number of rotatable bonds is 6. The number of carbonyl (C=O) groups is 1. The summed E-state index contributed by atoms with van der Waals surface area (Å²) in [5.74, 6) is -0.260. The highest BCUT2D eigenvalue weighted by Crippen LogP contribution is 2.19. The summed E-state index contributed by atoms with van der Waals surface area (Å²) in [5, 5.41) is 2.81. The zero-order valence-electron chi connectivity index (χ0n) is 16.0. The molecule has 28 heavy (non-hydrogen) atoms. The summed E-state index contributed by atoms with van der Waals surface area (Å²) in [4.78, 5) is 12.8. The van der Waals surface area contributed by atoms with E-state index in [4.69, 9.17) is 0 Å². The molecule has 3 rings (SSSR count). The number of benzene rings is 2. The maximum atomic E-state index is 12.6. The van der Waals surface area contributed by atoms with Gasteiger partial charge in [0.25, 0.3) is 5.91 Å². The Morgan fingerprint density at radius 1 is 1.00 bits per heavy atom. The average Bonchev–Trinajstić information content (AvgIpc) is 3.16. The normalized spacial score (nSPS) is 11.6. The molecule has 1 amide bonds. The van der Waals surface area contributed by atoms with Crippen LogP contribution in [-0.4, -0.2) is 24.9 Å². The van der Waals surface area contributed by atoms with Crippen LogP contribution in [0.2, 0.25) is 0 Å². The lowest BCUT2D eigenvalue weighted by Gasteiger charge is -2.12. The van der Waals surface area contributed by atoms with Gasteiger partial charge in [-0.2, -0.15) is 0 Å². The van der Waals surface area contributed by atoms with Crippen molar-refractivity contribution in [2.45, 2.75) is 31.7 Å². The van der Waals surface area contributed by atoms with E-state index in [2.05, 4.69) is 10.0 Å². The molecule has 2 aromatic carbocycles. The molecule has 0 spiro atoms. The summed E-state index contributed by atoms with van der Waals surface area (Å²) in [5.41, 5.74) is 3.03. The van der Waals surface area contributed by atoms with Gasteiger partial charge in [-0.15, -0.1) is 0 Å². The van der Waals surface area contributed by atoms with Crippen LogP contribution >= 0.6 is 0 Å². The first kappa shape index (κ1) is 19.9. The Morgan fingerprint density at radius 2 is 1.64 bits per heavy atom. The quantitative estimate of drug-likeness (QED) is 0.665. The number of sulfonamides is 1. The minimum Gasteiger partial charge on any atom is -0.324 e. The summed E-state index contributed by atoms with van der Waals surface area (Å²) in [6, 6.07) is 15.3. The van der Waals surface area contributed by atoms with Gasteiger partial charge in [0, 0.05) is 35.4 Å². The molecule has 1 heterocycles. The molecule has 1 aromatic heterocycles. The molecular formula is C21H23N3O3S. The number of hydrogen-bond acceptors (Lipinski definition) is 3. The Balaban J connectivity index is 1.78. The summed E-state index contributed by atoms with van der Waals surface area (Å²) >= 11 is 0. The molecule has 0 aliphatic heterocycles. The minimum absolute atomic E-state index is 0.157. The van der Waals surface area contributed by atoms with Crippen LogP contribution in [0, 0.1) is 6.92 Å². The van der Waals surface area contributed by atoms with Crippen LogP contribution in [0.1, 0.15) is 29.8 Å². The standard InChI is InChI=1S/C21H23N3O3S/c1-15(2)23-28(26,27)19-10-8-18(9-11-19)22-21(25)17-7-6-16(3)20(14-17)24-12-4-5-13-24/h4-15,23H,1-3H3,(H,22,25). The Labute approximate surface area is 165 Å². The van der Waals surface area contributed by atoms with E-state index in [1.165, 1.54) is 12.1 Å². The van der Waals surface area contributed by atoms with Crippen molar-refractivity contribution >= 4 is 21.6 Å². The number of nitrogens with zero attached hydrogens (tertiary/aromatic N) is 1. The number of nitrogens with one attached hydrogen (secondary N) is 2. The van der Waals surface area contributed by atoms with Crippen molar-refractivity contribution in [3.63, 3.8) is 0 Å². The van der Waals surface area contributed by atoms with Crippen LogP contribution in [0.25, 0.3) is 5.69 Å². The zero-order chi connectivity index (χ0) is 20.3. The predicted octanol–water partition coefficient (Wildman–Crippen LogP) is 3.72. The molecule has 0 aliphatic carbocycles. The summed E-state index contributed by atoms with van der Waals surface area (Å²) in [6.45, 7) is 5.51. The second-order valence-electron chi connectivity index (χ2n) is 6.85. The lowest BCUT2D eigenvalue weighted by atomic mass is 10.1. The molecule has 0 saturated carbocycles. The monoisotopic (exact) mass is 397 g/mol. The number of aromatic nitrogens is 1. The van der Waals surface area contributed by atoms with E-state index in [1.54, 1.807) is 32.0 Å². The van der Waals surface area contributed by atoms with Crippen LogP contribution in [0.5, 0.6) is 0 Å². The second kappa shape index (κ2) is 8.00. The van der Waals surface area contributed by atoms with Crippen LogP contribution in [0.15, 0.2) is 71.9 Å². The van der Waals surface area contributed by atoms with Gasteiger partial charge in [0.05, 0.1) is 4.90 Å². The van der Waals surface area contributed by atoms with Crippen molar-refractivity contribution in [1.82, 2.24) is 9.29 Å². The lowest BCUT2D eigenvalue weighted by Crippen LogP contribution is -2.30. The van der Waals surface area contributed by atoms with Crippen molar-refractivity contribution < 1.29 is 13.2 Å². The number of hydrogen-bond donors (Lipinski definition) is 2. The predicted molar refractivity (Wildman–Crippen MR) is 110 cm³/mol. The third-order valence-corrected chi connectivity index (χ3v) is 5.84. The van der Waals surface area contributed by atoms with Crippen molar-refractivity contribution in [3.05, 3.63) is 78.1 Å². The first-order chi connectivity index (χ1) is 13.3. The molecular weight excluding hydrogens is 374 g/mol. The van der Waals surface area contributed by atoms with E-state index < -0.39 is 10.0 Å². The summed E-state index contributed by atoms with van der Waals surface area (Å²) < 4.78 is 28.8. The SMILES string of the molecule is Cc1ccc(C(=O)Nc2ccc(S(=O)(=O)NC(C)C)cc2)cc1-n1cccc1. The van der Waals surface area contributed by atoms with E-state index in [0.717, 1.165) is 11.3 Å². The van der Waals surface area contributed by atoms with Gasteiger partial charge in [-0.25, -0.2) is 13.1 Å². The molecule has 3 aromatic rings. The first-order valence-corrected chi connectivity index (χ1v) is 10.4. The van der Waals surface area contributed by atoms with E-state index in [0.29, 0.717) is 11.3 Å². The number of anilines is 1. The Hall–Kier alpha value is -2.90. The highest BCUT2D eigenvalue weighted by molar-refractivity contribution is 7.89. The van der Waals surface area contributed by atoms with Gasteiger partial charge in [-0.1, -0.05) is 6.07 Å². The third kappa shape index (κ3) is 4.49. The fourth-order valence-electron chi connectivity index (χ4n) is 2.82. The Kier molecular flexibility index (Phi) is 5.67. The van der Waals surface area contributed by atoms with Crippen molar-refractivity contribution in [3.8, 4) is 5.69 Å². The van der Waals surface area contributed by atoms with Crippen LogP contribution < -0.4 is 10.0 Å². The molecule has 0 saturated heterocycles. The van der Waals surface area contributed by atoms with Gasteiger partial charge in [0.15, 0.2) is 0 Å². The Bertz CT molecular complexity index is 1070. The summed E-state index contributed by atoms with van der Waals surface area (Å²) in [6.07, 6.45) is 3.85. The molecule has 7 heteroatoms. The van der Waals surface area contributed by atoms with Crippen molar-refractivity contribution in [2.24, 2.45) is 0 Å². The first-order valence-electron chi connectivity index (χ1n) is 8.94. The maximum Gasteiger partial charge on any atom is 0.255 e. The van der Waals surface area contributed by atoms with Crippen LogP contribution in [0.3, 0.4) is 0 Å².